The minimum Gasteiger partial charge on any atom is -0.384 e. The van der Waals surface area contributed by atoms with E-state index in [1.165, 1.54) is 13.8 Å². The molecule has 0 aliphatic heterocycles. The quantitative estimate of drug-likeness (QED) is 0.211. The summed E-state index contributed by atoms with van der Waals surface area (Å²) in [6.45, 7) is 6.19. The van der Waals surface area contributed by atoms with Crippen LogP contribution in [0.4, 0.5) is 23.2 Å². The van der Waals surface area contributed by atoms with Crippen molar-refractivity contribution in [3.8, 4) is 11.3 Å². The van der Waals surface area contributed by atoms with Gasteiger partial charge in [-0.2, -0.15) is 28.4 Å². The van der Waals surface area contributed by atoms with Gasteiger partial charge in [-0.1, -0.05) is 23.7 Å². The summed E-state index contributed by atoms with van der Waals surface area (Å²) in [5, 5.41) is 22.3. The number of alkyl halides is 4. The number of aromatic nitrogens is 4. The minimum atomic E-state index is -4.30. The van der Waals surface area contributed by atoms with Gasteiger partial charge in [-0.05, 0) is 77.6 Å². The number of halogens is 4. The molecule has 0 radical (unpaired) electrons. The van der Waals surface area contributed by atoms with Crippen LogP contribution in [0.2, 0.25) is 0 Å². The Bertz CT molecular complexity index is 1320. The molecule has 1 aliphatic rings. The number of unbranched alkanes of at least 4 members (excludes halogenated alkanes) is 2. The van der Waals surface area contributed by atoms with E-state index in [1.54, 1.807) is 55.1 Å². The maximum atomic E-state index is 14.0. The van der Waals surface area contributed by atoms with Gasteiger partial charge in [0.1, 0.15) is 5.60 Å². The molecule has 2 aromatic heterocycles. The molecule has 2 heterocycles. The Balaban J connectivity index is 1.45. The minimum absolute atomic E-state index is 0.0822. The molecule has 12 heteroatoms. The highest BCUT2D eigenvalue weighted by atomic mass is 19.4. The van der Waals surface area contributed by atoms with Crippen molar-refractivity contribution in [2.75, 3.05) is 11.4 Å². The average molecular weight is 578 g/mol. The third kappa shape index (κ3) is 7.66. The number of anilines is 1. The van der Waals surface area contributed by atoms with Crippen LogP contribution in [0.15, 0.2) is 40.9 Å². The van der Waals surface area contributed by atoms with E-state index in [4.69, 9.17) is 4.52 Å². The lowest BCUT2D eigenvalue weighted by atomic mass is 9.73. The summed E-state index contributed by atoms with van der Waals surface area (Å²) in [6, 6.07) is 10.5. The predicted octanol–water partition coefficient (Wildman–Crippen LogP) is 6.29. The maximum Gasteiger partial charge on any atom is 0.391 e. The van der Waals surface area contributed by atoms with Gasteiger partial charge in [-0.15, -0.1) is 0 Å². The summed E-state index contributed by atoms with van der Waals surface area (Å²) in [5.74, 6) is -2.17. The second-order valence-corrected chi connectivity index (χ2v) is 11.6. The van der Waals surface area contributed by atoms with Crippen molar-refractivity contribution in [1.82, 2.24) is 20.3 Å². The van der Waals surface area contributed by atoms with Crippen LogP contribution >= 0.6 is 0 Å². The molecule has 0 unspecified atom stereocenters. The van der Waals surface area contributed by atoms with Crippen LogP contribution in [0.25, 0.3) is 11.3 Å². The van der Waals surface area contributed by atoms with E-state index in [0.717, 1.165) is 0 Å². The number of carbonyl (C=O) groups excluding carboxylic acids is 1. The Morgan fingerprint density at radius 1 is 1.02 bits per heavy atom. The van der Waals surface area contributed by atoms with Gasteiger partial charge < -0.3 is 14.5 Å². The number of nitrogens with zero attached hydrogens (tertiary/aromatic N) is 5. The summed E-state index contributed by atoms with van der Waals surface area (Å²) >= 11 is 0. The van der Waals surface area contributed by atoms with Crippen molar-refractivity contribution in [3.05, 3.63) is 53.8 Å². The van der Waals surface area contributed by atoms with Crippen molar-refractivity contribution in [1.29, 1.82) is 0 Å². The van der Waals surface area contributed by atoms with Crippen LogP contribution in [0.1, 0.15) is 77.2 Å². The molecule has 1 N–H and O–H groups in total. The molecule has 1 amide bonds. The smallest absolute Gasteiger partial charge is 0.384 e. The van der Waals surface area contributed by atoms with Gasteiger partial charge in [-0.3, -0.25) is 4.79 Å². The van der Waals surface area contributed by atoms with E-state index in [1.807, 2.05) is 0 Å². The molecule has 1 fully saturated rings. The Morgan fingerprint density at radius 2 is 1.76 bits per heavy atom. The van der Waals surface area contributed by atoms with Gasteiger partial charge in [0.15, 0.2) is 11.5 Å². The van der Waals surface area contributed by atoms with Crippen molar-refractivity contribution < 1.29 is 32.0 Å². The number of aryl methyl sites for hydroxylation is 1. The standard InChI is InChI=1S/C29H35F4N5O3/c1-27(2,30)26-34-24(37-41-26)11-6-5-7-14-38(25(39)19-15-20(16-19)29(31,32)33)21-10-8-9-18(17-21)22-12-13-23(36-35-22)28(3,4)40/h8-10,12-13,17,19-20,40H,5-7,11,14-16H2,1-4H3/t19-,20-. The topological polar surface area (TPSA) is 105 Å². The number of hydrogen-bond donors (Lipinski definition) is 1. The van der Waals surface area contributed by atoms with Crippen LogP contribution in [0, 0.1) is 11.8 Å². The number of carbonyl (C=O) groups is 1. The summed E-state index contributed by atoms with van der Waals surface area (Å²) < 4.78 is 58.3. The highest BCUT2D eigenvalue weighted by Gasteiger charge is 2.50. The number of amides is 1. The summed E-state index contributed by atoms with van der Waals surface area (Å²) in [4.78, 5) is 19.1. The zero-order valence-electron chi connectivity index (χ0n) is 23.6. The first-order valence-corrected chi connectivity index (χ1v) is 13.7. The molecular weight excluding hydrogens is 542 g/mol. The molecule has 0 bridgehead atoms. The third-order valence-corrected chi connectivity index (χ3v) is 7.22. The molecule has 1 saturated carbocycles. The van der Waals surface area contributed by atoms with Crippen LogP contribution in [0.3, 0.4) is 0 Å². The number of rotatable bonds is 11. The molecule has 1 aliphatic carbocycles. The zero-order chi connectivity index (χ0) is 30.0. The van der Waals surface area contributed by atoms with Crippen LogP contribution < -0.4 is 4.90 Å². The van der Waals surface area contributed by atoms with E-state index in [2.05, 4.69) is 20.3 Å². The number of hydrogen-bond acceptors (Lipinski definition) is 7. The molecule has 1 aromatic carbocycles. The first-order valence-electron chi connectivity index (χ1n) is 13.7. The van der Waals surface area contributed by atoms with Crippen molar-refractivity contribution >= 4 is 11.6 Å². The molecule has 0 spiro atoms. The zero-order valence-corrected chi connectivity index (χ0v) is 23.6. The van der Waals surface area contributed by atoms with Crippen molar-refractivity contribution in [2.24, 2.45) is 11.8 Å². The maximum absolute atomic E-state index is 14.0. The molecule has 0 saturated heterocycles. The van der Waals surface area contributed by atoms with E-state index >= 15 is 0 Å². The first-order chi connectivity index (χ1) is 19.1. The Labute approximate surface area is 236 Å². The molecule has 41 heavy (non-hydrogen) atoms. The fourth-order valence-electron chi connectivity index (χ4n) is 4.65. The Hall–Kier alpha value is -3.41. The highest BCUT2D eigenvalue weighted by Crippen LogP contribution is 2.46. The first kappa shape index (κ1) is 30.5. The fraction of sp³-hybridized carbons (Fsp3) is 0.552. The Morgan fingerprint density at radius 3 is 2.34 bits per heavy atom. The largest absolute Gasteiger partial charge is 0.391 e. The molecule has 0 atom stereocenters. The lowest BCUT2D eigenvalue weighted by Crippen LogP contribution is -2.46. The molecule has 4 rings (SSSR count). The van der Waals surface area contributed by atoms with E-state index in [-0.39, 0.29) is 24.6 Å². The molecule has 3 aromatic rings. The Kier molecular flexibility index (Phi) is 8.81. The van der Waals surface area contributed by atoms with E-state index in [9.17, 15) is 27.5 Å². The number of aliphatic hydroxyl groups is 1. The second-order valence-electron chi connectivity index (χ2n) is 11.6. The van der Waals surface area contributed by atoms with Crippen LogP contribution in [0.5, 0.6) is 0 Å². The normalized spacial score (nSPS) is 17.8. The number of benzene rings is 1. The molecule has 222 valence electrons. The summed E-state index contributed by atoms with van der Waals surface area (Å²) in [7, 11) is 0. The van der Waals surface area contributed by atoms with Crippen molar-refractivity contribution in [3.63, 3.8) is 0 Å². The van der Waals surface area contributed by atoms with E-state index in [0.29, 0.717) is 60.7 Å². The fourth-order valence-corrected chi connectivity index (χ4v) is 4.65. The van der Waals surface area contributed by atoms with Gasteiger partial charge >= 0.3 is 6.18 Å². The van der Waals surface area contributed by atoms with Gasteiger partial charge in [0, 0.05) is 30.1 Å². The van der Waals surface area contributed by atoms with Gasteiger partial charge in [-0.25, -0.2) is 4.39 Å². The van der Waals surface area contributed by atoms with Crippen LogP contribution in [-0.4, -0.2) is 44.1 Å². The summed E-state index contributed by atoms with van der Waals surface area (Å²) in [5.41, 5.74) is -0.697. The highest BCUT2D eigenvalue weighted by molar-refractivity contribution is 5.96. The molecular formula is C29H35F4N5O3. The van der Waals surface area contributed by atoms with Gasteiger partial charge in [0.05, 0.1) is 17.3 Å². The lowest BCUT2D eigenvalue weighted by molar-refractivity contribution is -0.204. The van der Waals surface area contributed by atoms with E-state index < -0.39 is 29.3 Å². The second kappa shape index (κ2) is 11.8. The van der Waals surface area contributed by atoms with Gasteiger partial charge in [0.25, 0.3) is 5.89 Å². The average Bonchev–Trinajstić information content (AvgIpc) is 3.34. The van der Waals surface area contributed by atoms with Crippen LogP contribution in [-0.2, 0) is 22.5 Å². The summed E-state index contributed by atoms with van der Waals surface area (Å²) in [6.07, 6.45) is -2.32. The predicted molar refractivity (Wildman–Crippen MR) is 143 cm³/mol. The molecule has 8 nitrogen and oxygen atoms in total. The van der Waals surface area contributed by atoms with Gasteiger partial charge in [0.2, 0.25) is 5.91 Å². The monoisotopic (exact) mass is 577 g/mol. The lowest BCUT2D eigenvalue weighted by Gasteiger charge is -2.38. The SMILES string of the molecule is CC(C)(O)c1ccc(-c2cccc(N(CCCCCc3noc(C(C)(C)F)n3)C(=O)[C@H]3C[C@H](C(F)(F)F)C3)c2)nn1. The van der Waals surface area contributed by atoms with Crippen molar-refractivity contribution in [2.45, 2.75) is 83.7 Å². The third-order valence-electron chi connectivity index (χ3n) is 7.22.